The average Bonchev–Trinajstić information content (AvgIpc) is 3.01. The molecule has 12 nitrogen and oxygen atoms in total. The number of rotatable bonds is 15. The van der Waals surface area contributed by atoms with Crippen molar-refractivity contribution in [2.24, 2.45) is 5.10 Å². The third kappa shape index (κ3) is 10.8. The van der Waals surface area contributed by atoms with Crippen LogP contribution in [0.4, 0.5) is 11.4 Å². The third-order valence-electron chi connectivity index (χ3n) is 5.66. The highest BCUT2D eigenvalue weighted by Crippen LogP contribution is 2.27. The van der Waals surface area contributed by atoms with Crippen LogP contribution in [0.5, 0.6) is 17.2 Å². The molecular weight excluding hydrogens is 556 g/mol. The number of ether oxygens (including phenoxy) is 4. The van der Waals surface area contributed by atoms with Gasteiger partial charge in [0.15, 0.2) is 18.1 Å². The van der Waals surface area contributed by atoms with E-state index >= 15 is 0 Å². The van der Waals surface area contributed by atoms with Crippen LogP contribution >= 0.6 is 0 Å². The highest BCUT2D eigenvalue weighted by atomic mass is 16.5. The lowest BCUT2D eigenvalue weighted by atomic mass is 10.2. The van der Waals surface area contributed by atoms with E-state index in [2.05, 4.69) is 21.2 Å². The Balaban J connectivity index is 1.42. The number of methoxy groups -OCH3 is 1. The molecule has 3 aromatic carbocycles. The molecule has 0 saturated heterocycles. The molecule has 3 aromatic rings. The largest absolute Gasteiger partial charge is 0.494 e. The molecule has 0 atom stereocenters. The SMILES string of the molecule is CCOC(=O)c1ccc(NC(=O)COc2ccc(C=NNC(=O)CCC(=O)Nc3ccc(OCC)cc3)cc2OC)cc1. The molecular formula is C31H34N4O8. The minimum Gasteiger partial charge on any atom is -0.494 e. The first kappa shape index (κ1) is 32.1. The number of nitrogens with one attached hydrogen (secondary N) is 3. The van der Waals surface area contributed by atoms with E-state index in [1.807, 2.05) is 6.92 Å². The molecule has 0 bridgehead atoms. The first-order chi connectivity index (χ1) is 20.8. The van der Waals surface area contributed by atoms with Gasteiger partial charge in [-0.2, -0.15) is 5.10 Å². The van der Waals surface area contributed by atoms with Gasteiger partial charge in [-0.25, -0.2) is 10.2 Å². The molecule has 0 aromatic heterocycles. The summed E-state index contributed by atoms with van der Waals surface area (Å²) < 4.78 is 21.3. The van der Waals surface area contributed by atoms with E-state index in [1.165, 1.54) is 13.3 Å². The first-order valence-electron chi connectivity index (χ1n) is 13.5. The second-order valence-electron chi connectivity index (χ2n) is 8.84. The number of hydrogen-bond acceptors (Lipinski definition) is 9. The minimum atomic E-state index is -0.437. The fourth-order valence-corrected chi connectivity index (χ4v) is 3.61. The summed E-state index contributed by atoms with van der Waals surface area (Å²) in [6.07, 6.45) is 1.35. The van der Waals surface area contributed by atoms with Gasteiger partial charge in [0.2, 0.25) is 11.8 Å². The van der Waals surface area contributed by atoms with E-state index in [9.17, 15) is 19.2 Å². The van der Waals surface area contributed by atoms with Gasteiger partial charge in [-0.05, 0) is 86.1 Å². The van der Waals surface area contributed by atoms with Crippen LogP contribution in [-0.4, -0.2) is 56.8 Å². The van der Waals surface area contributed by atoms with Crippen molar-refractivity contribution in [2.75, 3.05) is 37.6 Å². The Morgan fingerprint density at radius 3 is 2.05 bits per heavy atom. The highest BCUT2D eigenvalue weighted by molar-refractivity contribution is 5.94. The Bertz CT molecular complexity index is 1420. The van der Waals surface area contributed by atoms with Crippen LogP contribution < -0.4 is 30.3 Å². The van der Waals surface area contributed by atoms with Crippen molar-refractivity contribution >= 4 is 41.3 Å². The molecule has 0 saturated carbocycles. The van der Waals surface area contributed by atoms with Crippen LogP contribution in [-0.2, 0) is 19.1 Å². The van der Waals surface area contributed by atoms with Gasteiger partial charge in [-0.1, -0.05) is 0 Å². The first-order valence-corrected chi connectivity index (χ1v) is 13.5. The van der Waals surface area contributed by atoms with Crippen molar-refractivity contribution in [3.8, 4) is 17.2 Å². The topological polar surface area (TPSA) is 154 Å². The van der Waals surface area contributed by atoms with E-state index < -0.39 is 17.8 Å². The summed E-state index contributed by atoms with van der Waals surface area (Å²) in [6.45, 7) is 4.15. The number of carbonyl (C=O) groups is 4. The average molecular weight is 591 g/mol. The monoisotopic (exact) mass is 590 g/mol. The maximum Gasteiger partial charge on any atom is 0.338 e. The molecule has 226 valence electrons. The fourth-order valence-electron chi connectivity index (χ4n) is 3.61. The number of carbonyl (C=O) groups excluding carboxylic acids is 4. The van der Waals surface area contributed by atoms with Crippen LogP contribution in [0.1, 0.15) is 42.6 Å². The molecule has 3 rings (SSSR count). The number of anilines is 2. The number of amides is 3. The zero-order chi connectivity index (χ0) is 31.0. The number of esters is 1. The molecule has 0 heterocycles. The van der Waals surface area contributed by atoms with Gasteiger partial charge in [-0.15, -0.1) is 0 Å². The standard InChI is InChI=1S/C31H34N4O8/c1-4-41-25-13-11-24(12-14-25)33-28(36)16-17-29(37)35-32-19-21-6-15-26(27(18-21)40-3)43-20-30(38)34-23-9-7-22(8-10-23)31(39)42-5-2/h6-15,18-19H,4-5,16-17,20H2,1-3H3,(H,33,36)(H,34,38)(H,35,37). The Morgan fingerprint density at radius 2 is 1.40 bits per heavy atom. The summed E-state index contributed by atoms with van der Waals surface area (Å²) >= 11 is 0. The number of benzene rings is 3. The van der Waals surface area contributed by atoms with Crippen molar-refractivity contribution in [3.05, 3.63) is 77.9 Å². The Kier molecular flexibility index (Phi) is 12.5. The Hall–Kier alpha value is -5.39. The third-order valence-corrected chi connectivity index (χ3v) is 5.66. The van der Waals surface area contributed by atoms with E-state index in [1.54, 1.807) is 73.7 Å². The highest BCUT2D eigenvalue weighted by Gasteiger charge is 2.11. The van der Waals surface area contributed by atoms with Gasteiger partial charge >= 0.3 is 5.97 Å². The van der Waals surface area contributed by atoms with E-state index in [0.717, 1.165) is 0 Å². The molecule has 43 heavy (non-hydrogen) atoms. The van der Waals surface area contributed by atoms with Gasteiger partial charge < -0.3 is 29.6 Å². The van der Waals surface area contributed by atoms with Gasteiger partial charge in [0.1, 0.15) is 5.75 Å². The van der Waals surface area contributed by atoms with Crippen LogP contribution in [0.25, 0.3) is 0 Å². The number of hydrazone groups is 1. The summed E-state index contributed by atoms with van der Waals surface area (Å²) in [5.41, 5.74) is 4.47. The second-order valence-corrected chi connectivity index (χ2v) is 8.84. The Morgan fingerprint density at radius 1 is 0.744 bits per heavy atom. The molecule has 0 aliphatic rings. The number of nitrogens with zero attached hydrogens (tertiary/aromatic N) is 1. The lowest BCUT2D eigenvalue weighted by Gasteiger charge is -2.11. The fraction of sp³-hybridized carbons (Fsp3) is 0.258. The van der Waals surface area contributed by atoms with Gasteiger partial charge in [0, 0.05) is 24.2 Å². The van der Waals surface area contributed by atoms with Crippen molar-refractivity contribution in [1.82, 2.24) is 5.43 Å². The van der Waals surface area contributed by atoms with Crippen LogP contribution in [0, 0.1) is 0 Å². The molecule has 12 heteroatoms. The van der Waals surface area contributed by atoms with E-state index in [4.69, 9.17) is 18.9 Å². The molecule has 0 aliphatic heterocycles. The molecule has 0 unspecified atom stereocenters. The summed E-state index contributed by atoms with van der Waals surface area (Å²) in [4.78, 5) is 48.3. The predicted octanol–water partition coefficient (Wildman–Crippen LogP) is 4.16. The summed E-state index contributed by atoms with van der Waals surface area (Å²) in [5, 5.41) is 9.34. The number of hydrogen-bond donors (Lipinski definition) is 3. The predicted molar refractivity (Wildman–Crippen MR) is 161 cm³/mol. The molecule has 0 fully saturated rings. The summed E-state index contributed by atoms with van der Waals surface area (Å²) in [7, 11) is 1.45. The van der Waals surface area contributed by atoms with Crippen molar-refractivity contribution in [3.63, 3.8) is 0 Å². The van der Waals surface area contributed by atoms with E-state index in [0.29, 0.717) is 46.4 Å². The van der Waals surface area contributed by atoms with Crippen LogP contribution in [0.15, 0.2) is 71.8 Å². The lowest BCUT2D eigenvalue weighted by Crippen LogP contribution is -2.20. The smallest absolute Gasteiger partial charge is 0.338 e. The van der Waals surface area contributed by atoms with Crippen molar-refractivity contribution in [1.29, 1.82) is 0 Å². The molecule has 3 amide bonds. The zero-order valence-electron chi connectivity index (χ0n) is 24.2. The Labute approximate surface area is 249 Å². The van der Waals surface area contributed by atoms with Crippen LogP contribution in [0.3, 0.4) is 0 Å². The maximum absolute atomic E-state index is 12.3. The van der Waals surface area contributed by atoms with Gasteiger partial charge in [0.05, 0.1) is 32.1 Å². The van der Waals surface area contributed by atoms with Crippen molar-refractivity contribution < 1.29 is 38.1 Å². The second kappa shape index (κ2) is 16.8. The minimum absolute atomic E-state index is 0.0130. The molecule has 3 N–H and O–H groups in total. The van der Waals surface area contributed by atoms with E-state index in [-0.39, 0.29) is 32.0 Å². The van der Waals surface area contributed by atoms with Crippen LogP contribution in [0.2, 0.25) is 0 Å². The molecule has 0 aliphatic carbocycles. The molecule has 0 spiro atoms. The van der Waals surface area contributed by atoms with Crippen molar-refractivity contribution in [2.45, 2.75) is 26.7 Å². The van der Waals surface area contributed by atoms with Gasteiger partial charge in [0.25, 0.3) is 5.91 Å². The maximum atomic E-state index is 12.3. The lowest BCUT2D eigenvalue weighted by molar-refractivity contribution is -0.124. The molecule has 0 radical (unpaired) electrons. The normalized spacial score (nSPS) is 10.5. The quantitative estimate of drug-likeness (QED) is 0.136. The zero-order valence-corrected chi connectivity index (χ0v) is 24.2. The summed E-state index contributed by atoms with van der Waals surface area (Å²) in [5.74, 6) is -0.184. The van der Waals surface area contributed by atoms with Gasteiger partial charge in [-0.3, -0.25) is 14.4 Å². The summed E-state index contributed by atoms with van der Waals surface area (Å²) in [6, 6.07) is 18.2.